The molecule has 14 heteroatoms. The van der Waals surface area contributed by atoms with E-state index in [-0.39, 0.29) is 12.8 Å². The van der Waals surface area contributed by atoms with E-state index >= 15 is 0 Å². The number of allylic oxidation sites excluding steroid dienone is 6. The number of aliphatic hydroxyl groups is 5. The normalized spacial score (nSPS) is 21.4. The van der Waals surface area contributed by atoms with Crippen molar-refractivity contribution in [1.82, 2.24) is 0 Å². The van der Waals surface area contributed by atoms with Crippen LogP contribution < -0.4 is 0 Å². The van der Waals surface area contributed by atoms with E-state index in [1.807, 2.05) is 0 Å². The van der Waals surface area contributed by atoms with E-state index in [1.165, 1.54) is 122 Å². The summed E-state index contributed by atoms with van der Waals surface area (Å²) < 4.78 is 33.6. The van der Waals surface area contributed by atoms with E-state index in [2.05, 4.69) is 50.3 Å². The first-order valence-corrected chi connectivity index (χ1v) is 28.3. The Bertz CT molecular complexity index is 1310. The number of aliphatic hydroxyl groups excluding tert-OH is 5. The Kier molecular flexibility index (Phi) is 40.4. The highest BCUT2D eigenvalue weighted by Gasteiger charge is 2.51. The molecule has 0 heterocycles. The van der Waals surface area contributed by atoms with Crippen LogP contribution in [0.15, 0.2) is 36.5 Å². The highest BCUT2D eigenvalue weighted by Crippen LogP contribution is 2.47. The van der Waals surface area contributed by atoms with Gasteiger partial charge in [0.25, 0.3) is 0 Å². The van der Waals surface area contributed by atoms with Crippen molar-refractivity contribution < 1.29 is 63.1 Å². The molecule has 1 aliphatic rings. The molecule has 0 aromatic rings. The van der Waals surface area contributed by atoms with Gasteiger partial charge in [0.1, 0.15) is 43.2 Å². The lowest BCUT2D eigenvalue weighted by Crippen LogP contribution is -2.64. The Labute approximate surface area is 406 Å². The second kappa shape index (κ2) is 42.9. The summed E-state index contributed by atoms with van der Waals surface area (Å²) in [7, 11) is -5.13. The van der Waals surface area contributed by atoms with Gasteiger partial charge in [-0.05, 0) is 44.9 Å². The van der Waals surface area contributed by atoms with Gasteiger partial charge < -0.3 is 39.9 Å². The molecule has 0 radical (unpaired) electrons. The molecule has 392 valence electrons. The molecule has 0 spiro atoms. The van der Waals surface area contributed by atoms with Gasteiger partial charge in [0.15, 0.2) is 6.10 Å². The molecule has 0 bridgehead atoms. The summed E-state index contributed by atoms with van der Waals surface area (Å²) in [5.41, 5.74) is 0. The van der Waals surface area contributed by atoms with Gasteiger partial charge in [0.05, 0.1) is 6.61 Å². The Morgan fingerprint density at radius 2 is 0.851 bits per heavy atom. The Morgan fingerprint density at radius 3 is 1.30 bits per heavy atom. The summed E-state index contributed by atoms with van der Waals surface area (Å²) >= 11 is 0. The number of phosphoric acid groups is 1. The molecule has 1 aliphatic carbocycles. The lowest BCUT2D eigenvalue weighted by Gasteiger charge is -2.41. The van der Waals surface area contributed by atoms with Crippen LogP contribution in [0, 0.1) is 0 Å². The monoisotopic (exact) mass is 973 g/mol. The van der Waals surface area contributed by atoms with Gasteiger partial charge in [-0.3, -0.25) is 18.6 Å². The van der Waals surface area contributed by atoms with E-state index in [0.717, 1.165) is 70.6 Å². The SMILES string of the molecule is CC/C=C\C/C=C\C/C=C\CCCCCCCC(=O)OC(COC(=O)CCCCCCCCCCCCCCCCCCCCCCCCC)COP(=O)(O)OC1C(O)C(O)C(O)C(O)C1O. The van der Waals surface area contributed by atoms with Crippen molar-refractivity contribution >= 4 is 19.8 Å². The van der Waals surface area contributed by atoms with E-state index < -0.39 is 75.7 Å². The zero-order chi connectivity index (χ0) is 49.2. The van der Waals surface area contributed by atoms with Crippen molar-refractivity contribution in [2.75, 3.05) is 13.2 Å². The van der Waals surface area contributed by atoms with Gasteiger partial charge in [0.2, 0.25) is 0 Å². The number of esters is 2. The van der Waals surface area contributed by atoms with Crippen molar-refractivity contribution in [3.63, 3.8) is 0 Å². The predicted molar refractivity (Wildman–Crippen MR) is 267 cm³/mol. The van der Waals surface area contributed by atoms with Crippen LogP contribution in [0.2, 0.25) is 0 Å². The van der Waals surface area contributed by atoms with Crippen LogP contribution in [0.5, 0.6) is 0 Å². The van der Waals surface area contributed by atoms with Crippen LogP contribution in [0.4, 0.5) is 0 Å². The van der Waals surface area contributed by atoms with Crippen molar-refractivity contribution in [3.05, 3.63) is 36.5 Å². The van der Waals surface area contributed by atoms with E-state index in [4.69, 9.17) is 18.5 Å². The second-order valence-corrected chi connectivity index (χ2v) is 20.1. The molecule has 0 amide bonds. The third-order valence-corrected chi connectivity index (χ3v) is 13.5. The van der Waals surface area contributed by atoms with Crippen molar-refractivity contribution in [2.24, 2.45) is 0 Å². The molecular weight excluding hydrogens is 876 g/mol. The number of carbonyl (C=O) groups excluding carboxylic acids is 2. The molecule has 0 aliphatic heterocycles. The molecule has 0 saturated heterocycles. The van der Waals surface area contributed by atoms with Gasteiger partial charge in [-0.2, -0.15) is 0 Å². The maximum atomic E-state index is 12.9. The molecule has 6 unspecified atom stereocenters. The summed E-state index contributed by atoms with van der Waals surface area (Å²) in [6.07, 6.45) is 37.7. The number of hydrogen-bond acceptors (Lipinski definition) is 12. The fourth-order valence-corrected chi connectivity index (χ4v) is 9.22. The number of hydrogen-bond donors (Lipinski definition) is 6. The zero-order valence-corrected chi connectivity index (χ0v) is 42.8. The third kappa shape index (κ3) is 34.9. The number of carbonyl (C=O) groups is 2. The standard InChI is InChI=1S/C53H97O13P/c1-3-5-7-9-11-13-15-17-19-20-21-22-23-24-25-26-28-29-31-33-35-37-39-41-46(54)63-43-45(44-64-67(61,62)66-53-51(59)49(57)48(56)50(58)52(53)60)65-47(55)42-40-38-36-34-32-30-27-18-16-14-12-10-8-6-4-2/h6,8,12,14,18,27,45,48-53,56-60H,3-5,7,9-11,13,15-17,19-26,28-44H2,1-2H3,(H,61,62)/b8-6-,14-12-,27-18-. The first kappa shape index (κ1) is 63.1. The van der Waals surface area contributed by atoms with Gasteiger partial charge in [-0.1, -0.05) is 211 Å². The maximum absolute atomic E-state index is 12.9. The maximum Gasteiger partial charge on any atom is 0.472 e. The van der Waals surface area contributed by atoms with Crippen molar-refractivity contribution in [1.29, 1.82) is 0 Å². The van der Waals surface area contributed by atoms with Crippen molar-refractivity contribution in [2.45, 2.75) is 275 Å². The van der Waals surface area contributed by atoms with E-state index in [1.54, 1.807) is 0 Å². The molecule has 13 nitrogen and oxygen atoms in total. The Balaban J connectivity index is 2.34. The minimum absolute atomic E-state index is 0.0789. The van der Waals surface area contributed by atoms with Crippen LogP contribution in [0.25, 0.3) is 0 Å². The Morgan fingerprint density at radius 1 is 0.478 bits per heavy atom. The van der Waals surface area contributed by atoms with E-state index in [9.17, 15) is 44.6 Å². The van der Waals surface area contributed by atoms with E-state index in [0.29, 0.717) is 12.8 Å². The second-order valence-electron chi connectivity index (χ2n) is 18.7. The molecule has 1 fully saturated rings. The van der Waals surface area contributed by atoms with Crippen LogP contribution in [0.3, 0.4) is 0 Å². The van der Waals surface area contributed by atoms with Crippen molar-refractivity contribution in [3.8, 4) is 0 Å². The number of rotatable bonds is 45. The quantitative estimate of drug-likeness (QED) is 0.0145. The molecule has 0 aromatic carbocycles. The molecule has 67 heavy (non-hydrogen) atoms. The fourth-order valence-electron chi connectivity index (χ4n) is 8.25. The Hall–Kier alpha value is -1.93. The largest absolute Gasteiger partial charge is 0.472 e. The summed E-state index contributed by atoms with van der Waals surface area (Å²) in [6, 6.07) is 0. The first-order valence-electron chi connectivity index (χ1n) is 26.8. The van der Waals surface area contributed by atoms with Crippen LogP contribution in [0.1, 0.15) is 232 Å². The van der Waals surface area contributed by atoms with Crippen LogP contribution in [-0.2, 0) is 32.7 Å². The predicted octanol–water partition coefficient (Wildman–Crippen LogP) is 11.7. The lowest BCUT2D eigenvalue weighted by atomic mass is 9.85. The van der Waals surface area contributed by atoms with Gasteiger partial charge in [0, 0.05) is 12.8 Å². The van der Waals surface area contributed by atoms with Crippen LogP contribution in [-0.4, -0.2) is 98.3 Å². The molecule has 1 rings (SSSR count). The van der Waals surface area contributed by atoms with Crippen LogP contribution >= 0.6 is 7.82 Å². The van der Waals surface area contributed by atoms with Gasteiger partial charge in [-0.25, -0.2) is 4.57 Å². The highest BCUT2D eigenvalue weighted by molar-refractivity contribution is 7.47. The fraction of sp³-hybridized carbons (Fsp3) is 0.849. The molecular formula is C53H97O13P. The van der Waals surface area contributed by atoms with Gasteiger partial charge >= 0.3 is 19.8 Å². The van der Waals surface area contributed by atoms with Gasteiger partial charge in [-0.15, -0.1) is 0 Å². The molecule has 6 atom stereocenters. The molecule has 6 N–H and O–H groups in total. The lowest BCUT2D eigenvalue weighted by molar-refractivity contribution is -0.220. The first-order chi connectivity index (χ1) is 32.4. The minimum atomic E-state index is -5.13. The topological polar surface area (TPSA) is 210 Å². The third-order valence-electron chi connectivity index (χ3n) is 12.5. The summed E-state index contributed by atoms with van der Waals surface area (Å²) in [4.78, 5) is 35.8. The zero-order valence-electron chi connectivity index (χ0n) is 41.9. The average molecular weight is 973 g/mol. The summed E-state index contributed by atoms with van der Waals surface area (Å²) in [6.45, 7) is 3.21. The average Bonchev–Trinajstić information content (AvgIpc) is 3.31. The summed E-state index contributed by atoms with van der Waals surface area (Å²) in [5.74, 6) is -1.11. The number of unbranched alkanes of at least 4 members (excludes halogenated alkanes) is 27. The molecule has 0 aromatic heterocycles. The minimum Gasteiger partial charge on any atom is -0.462 e. The number of phosphoric ester groups is 1. The summed E-state index contributed by atoms with van der Waals surface area (Å²) in [5, 5.41) is 50.3. The number of ether oxygens (including phenoxy) is 2. The highest BCUT2D eigenvalue weighted by atomic mass is 31.2. The molecule has 1 saturated carbocycles. The smallest absolute Gasteiger partial charge is 0.462 e.